The second kappa shape index (κ2) is 23.5. The second-order valence-electron chi connectivity index (χ2n) is 17.0. The lowest BCUT2D eigenvalue weighted by atomic mass is 9.88. The number of likely N-dealkylation sites (N-methyl/N-ethyl adjacent to an activating group) is 1. The number of carbonyl (C=O) groups excluding carboxylic acids is 5. The maximum atomic E-state index is 14.8. The van der Waals surface area contributed by atoms with Gasteiger partial charge >= 0.3 is 0 Å². The molecule has 1 aliphatic rings. The molecule has 7 N–H and O–H groups in total. The number of fused-ring (bicyclic) bond motifs is 5. The molecular formula is C51H62N8O7. The number of allylic oxidation sites excluding steroid dienone is 1. The number of hydrogen-bond donors (Lipinski definition) is 4. The highest BCUT2D eigenvalue weighted by molar-refractivity contribution is 6.01. The molecule has 4 bridgehead atoms. The van der Waals surface area contributed by atoms with Crippen molar-refractivity contribution in [2.24, 2.45) is 29.0 Å². The van der Waals surface area contributed by atoms with Gasteiger partial charge in [0, 0.05) is 74.3 Å². The Hall–Kier alpha value is -6.60. The number of hydrogen-bond acceptors (Lipinski definition) is 13. The average molecular weight is 899 g/mol. The number of ether oxygens (including phenoxy) is 2. The summed E-state index contributed by atoms with van der Waals surface area (Å²) in [6, 6.07) is 18.1. The van der Waals surface area contributed by atoms with E-state index in [-0.39, 0.29) is 82.9 Å². The fourth-order valence-electron chi connectivity index (χ4n) is 8.28. The van der Waals surface area contributed by atoms with Gasteiger partial charge in [0.2, 0.25) is 11.8 Å². The summed E-state index contributed by atoms with van der Waals surface area (Å²) in [4.78, 5) is 81.8. The largest absolute Gasteiger partial charge is 0.492 e. The van der Waals surface area contributed by atoms with Crippen LogP contribution in [0.3, 0.4) is 0 Å². The van der Waals surface area contributed by atoms with E-state index < -0.39 is 41.5 Å². The molecule has 5 rings (SSSR count). The standard InChI is InChI=1S/C51H62N8O7/c1-30(2)24-34-9-12-36(13-10-34)49-56-32(4)47(33(5)57-49)43(61)29-38(17-19-53)51(64)59(6)48-37-14-16-46(66-23-21-55)40(28-37)39-26-35(11-15-45(39)65-22-20-54)27-41(42(60)8-7-18-52)58-50(63)31(3)25-44(48)62/h9-16,24,26,28,31,38,41,48H,7-8,17,19-23,25,27,29,53-55H2,1-6H3,(H,58,63)/t31-,38-,41+,48+/m1/s1. The van der Waals surface area contributed by atoms with E-state index in [2.05, 4.69) is 11.4 Å². The van der Waals surface area contributed by atoms with Crippen molar-refractivity contribution in [1.82, 2.24) is 20.2 Å². The molecule has 4 aromatic rings. The lowest BCUT2D eigenvalue weighted by Gasteiger charge is -2.32. The van der Waals surface area contributed by atoms with Crippen LogP contribution in [0.1, 0.15) is 97.4 Å². The molecule has 0 radical (unpaired) electrons. The maximum absolute atomic E-state index is 14.8. The molecular weight excluding hydrogens is 837 g/mol. The Morgan fingerprint density at radius 1 is 0.894 bits per heavy atom. The van der Waals surface area contributed by atoms with Crippen molar-refractivity contribution >= 4 is 35.2 Å². The van der Waals surface area contributed by atoms with Crippen molar-refractivity contribution < 1.29 is 33.4 Å². The van der Waals surface area contributed by atoms with Gasteiger partial charge in [0.1, 0.15) is 30.8 Å². The Morgan fingerprint density at radius 2 is 1.52 bits per heavy atom. The molecule has 66 heavy (non-hydrogen) atoms. The van der Waals surface area contributed by atoms with Crippen LogP contribution in [0.5, 0.6) is 11.5 Å². The highest BCUT2D eigenvalue weighted by Crippen LogP contribution is 2.41. The van der Waals surface area contributed by atoms with E-state index in [1.165, 1.54) is 17.5 Å². The van der Waals surface area contributed by atoms with Crippen LogP contribution < -0.4 is 32.0 Å². The second-order valence-corrected chi connectivity index (χ2v) is 17.0. The number of aryl methyl sites for hydroxylation is 2. The van der Waals surface area contributed by atoms with Crippen molar-refractivity contribution in [2.75, 3.05) is 39.9 Å². The Labute approximate surface area is 387 Å². The summed E-state index contributed by atoms with van der Waals surface area (Å²) in [5, 5.41) is 12.1. The molecule has 1 aromatic heterocycles. The summed E-state index contributed by atoms with van der Waals surface area (Å²) < 4.78 is 12.3. The van der Waals surface area contributed by atoms with E-state index in [0.29, 0.717) is 56.5 Å². The number of aromatic nitrogens is 2. The van der Waals surface area contributed by atoms with Crippen molar-refractivity contribution in [3.63, 3.8) is 0 Å². The van der Waals surface area contributed by atoms with Gasteiger partial charge in [-0.25, -0.2) is 9.97 Å². The molecule has 15 heteroatoms. The number of nitriles is 1. The molecule has 2 heterocycles. The van der Waals surface area contributed by atoms with Crippen LogP contribution in [0.4, 0.5) is 0 Å². The Morgan fingerprint density at radius 3 is 2.11 bits per heavy atom. The van der Waals surface area contributed by atoms with Gasteiger partial charge in [-0.1, -0.05) is 55.0 Å². The van der Waals surface area contributed by atoms with E-state index in [4.69, 9.17) is 36.6 Å². The van der Waals surface area contributed by atoms with Gasteiger partial charge < -0.3 is 36.9 Å². The fourth-order valence-corrected chi connectivity index (χ4v) is 8.28. The van der Waals surface area contributed by atoms with Crippen molar-refractivity contribution in [1.29, 1.82) is 5.26 Å². The first-order valence-electron chi connectivity index (χ1n) is 22.4. The zero-order valence-corrected chi connectivity index (χ0v) is 38.8. The summed E-state index contributed by atoms with van der Waals surface area (Å²) >= 11 is 0. The lowest BCUT2D eigenvalue weighted by molar-refractivity contribution is -0.142. The monoisotopic (exact) mass is 898 g/mol. The minimum atomic E-state index is -1.24. The predicted octanol–water partition coefficient (Wildman–Crippen LogP) is 5.77. The Balaban J connectivity index is 1.57. The fraction of sp³-hybridized carbons (Fsp3) is 0.412. The van der Waals surface area contributed by atoms with Gasteiger partial charge in [-0.3, -0.25) is 24.0 Å². The average Bonchev–Trinajstić information content (AvgIpc) is 3.28. The molecule has 3 aromatic carbocycles. The molecule has 0 aliphatic carbocycles. The number of Topliss-reactive ketones (excluding diaryl/α,β-unsaturated/α-hetero) is 3. The van der Waals surface area contributed by atoms with Crippen LogP contribution in [-0.2, 0) is 25.6 Å². The molecule has 0 saturated carbocycles. The summed E-state index contributed by atoms with van der Waals surface area (Å²) in [5.74, 6) is -2.71. The minimum Gasteiger partial charge on any atom is -0.492 e. The van der Waals surface area contributed by atoms with Crippen LogP contribution in [0, 0.1) is 37.0 Å². The molecule has 4 atom stereocenters. The first-order chi connectivity index (χ1) is 31.6. The number of nitrogens with zero attached hydrogens (tertiary/aromatic N) is 4. The van der Waals surface area contributed by atoms with E-state index >= 15 is 0 Å². The molecule has 348 valence electrons. The van der Waals surface area contributed by atoms with Gasteiger partial charge in [-0.05, 0) is 88.0 Å². The topological polar surface area (TPSA) is 247 Å². The van der Waals surface area contributed by atoms with E-state index in [9.17, 15) is 29.2 Å². The predicted molar refractivity (Wildman–Crippen MR) is 253 cm³/mol. The van der Waals surface area contributed by atoms with Gasteiger partial charge in [0.15, 0.2) is 23.2 Å². The lowest BCUT2D eigenvalue weighted by Crippen LogP contribution is -2.46. The van der Waals surface area contributed by atoms with Gasteiger partial charge in [0.05, 0.1) is 29.1 Å². The molecule has 0 fully saturated rings. The van der Waals surface area contributed by atoms with Crippen molar-refractivity contribution in [3.05, 3.63) is 99.9 Å². The molecule has 0 spiro atoms. The molecule has 2 amide bonds. The van der Waals surface area contributed by atoms with Crippen LogP contribution >= 0.6 is 0 Å². The van der Waals surface area contributed by atoms with E-state index in [1.807, 2.05) is 50.2 Å². The van der Waals surface area contributed by atoms with E-state index in [0.717, 1.165) is 11.1 Å². The molecule has 15 nitrogen and oxygen atoms in total. The third kappa shape index (κ3) is 12.6. The van der Waals surface area contributed by atoms with Crippen LogP contribution in [-0.4, -0.2) is 90.0 Å². The third-order valence-electron chi connectivity index (χ3n) is 11.5. The maximum Gasteiger partial charge on any atom is 0.226 e. The van der Waals surface area contributed by atoms with Crippen LogP contribution in [0.15, 0.2) is 66.2 Å². The van der Waals surface area contributed by atoms with E-state index in [1.54, 1.807) is 51.1 Å². The van der Waals surface area contributed by atoms with Crippen molar-refractivity contribution in [3.8, 4) is 40.1 Å². The van der Waals surface area contributed by atoms with Gasteiger partial charge in [-0.15, -0.1) is 0 Å². The highest BCUT2D eigenvalue weighted by Gasteiger charge is 2.36. The van der Waals surface area contributed by atoms with Gasteiger partial charge in [-0.2, -0.15) is 5.26 Å². The zero-order chi connectivity index (χ0) is 48.1. The number of nitrogens with one attached hydrogen (secondary N) is 1. The summed E-state index contributed by atoms with van der Waals surface area (Å²) in [6.07, 6.45) is 1.66. The Kier molecular flexibility index (Phi) is 18.0. The van der Waals surface area contributed by atoms with Crippen LogP contribution in [0.25, 0.3) is 28.6 Å². The summed E-state index contributed by atoms with van der Waals surface area (Å²) in [7, 11) is 1.50. The van der Waals surface area contributed by atoms with Crippen molar-refractivity contribution in [2.45, 2.75) is 85.2 Å². The van der Waals surface area contributed by atoms with Crippen LogP contribution in [0.2, 0.25) is 0 Å². The number of nitrogens with two attached hydrogens (primary N) is 3. The Bertz CT molecular complexity index is 2470. The highest BCUT2D eigenvalue weighted by atomic mass is 16.5. The molecule has 0 saturated heterocycles. The minimum absolute atomic E-state index is 0.0324. The number of ketones is 3. The normalized spacial score (nSPS) is 16.5. The first-order valence-corrected chi connectivity index (χ1v) is 22.4. The summed E-state index contributed by atoms with van der Waals surface area (Å²) in [5.41, 5.74) is 24.2. The van der Waals surface area contributed by atoms with Gasteiger partial charge in [0.25, 0.3) is 0 Å². The quantitative estimate of drug-likeness (QED) is 0.0868. The first kappa shape index (κ1) is 50.4. The molecule has 1 aliphatic heterocycles. The third-order valence-corrected chi connectivity index (χ3v) is 11.5. The number of benzene rings is 3. The number of rotatable bonds is 18. The SMILES string of the molecule is CC(C)=Cc1ccc(-c2nc(C)c(C(=O)C[C@@H](CCN)C(=O)N(C)[C@@H]3C(=O)C[C@@H](C)C(=O)N[C@H](C(=O)CCC#N)Cc4ccc(OCCN)c(c4)-c4cc3ccc4OCCN)c(C)n2)cc1. The number of amides is 2. The summed E-state index contributed by atoms with van der Waals surface area (Å²) in [6.45, 7) is 9.97. The smallest absolute Gasteiger partial charge is 0.226 e. The molecule has 0 unspecified atom stereocenters. The zero-order valence-electron chi connectivity index (χ0n) is 38.8. The number of carbonyl (C=O) groups is 5.